The first-order chi connectivity index (χ1) is 9.49. The van der Waals surface area contributed by atoms with Crippen LogP contribution in [0.4, 0.5) is 9.18 Å². The van der Waals surface area contributed by atoms with E-state index in [1.807, 2.05) is 19.9 Å². The molecule has 0 bridgehead atoms. The molecule has 1 saturated carbocycles. The summed E-state index contributed by atoms with van der Waals surface area (Å²) in [6, 6.07) is 6.86. The van der Waals surface area contributed by atoms with Gasteiger partial charge in [0.05, 0.1) is 0 Å². The van der Waals surface area contributed by atoms with Crippen molar-refractivity contribution in [3.63, 3.8) is 0 Å². The SMILES string of the molecule is CC(C)(CNC(=O)NC1CCCC1)c1ccccc1F. The number of benzene rings is 1. The average molecular weight is 278 g/mol. The second-order valence-electron chi connectivity index (χ2n) is 6.17. The van der Waals surface area contributed by atoms with E-state index in [0.29, 0.717) is 18.2 Å². The number of nitrogens with one attached hydrogen (secondary N) is 2. The van der Waals surface area contributed by atoms with E-state index in [0.717, 1.165) is 12.8 Å². The molecular weight excluding hydrogens is 255 g/mol. The highest BCUT2D eigenvalue weighted by molar-refractivity contribution is 5.74. The third-order valence-electron chi connectivity index (χ3n) is 3.98. The van der Waals surface area contributed by atoms with Crippen molar-refractivity contribution >= 4 is 6.03 Å². The van der Waals surface area contributed by atoms with Crippen LogP contribution in [0, 0.1) is 5.82 Å². The third kappa shape index (κ3) is 3.71. The van der Waals surface area contributed by atoms with E-state index in [2.05, 4.69) is 10.6 Å². The minimum absolute atomic E-state index is 0.152. The Morgan fingerprint density at radius 3 is 2.60 bits per heavy atom. The molecule has 1 aromatic carbocycles. The van der Waals surface area contributed by atoms with Crippen LogP contribution in [-0.2, 0) is 5.41 Å². The lowest BCUT2D eigenvalue weighted by Crippen LogP contribution is -2.45. The standard InChI is InChI=1S/C16H23FN2O/c1-16(2,13-9-5-6-10-14(13)17)11-18-15(20)19-12-7-3-4-8-12/h5-6,9-10,12H,3-4,7-8,11H2,1-2H3,(H2,18,19,20). The van der Waals surface area contributed by atoms with Gasteiger partial charge in [-0.1, -0.05) is 44.9 Å². The molecule has 0 saturated heterocycles. The minimum Gasteiger partial charge on any atom is -0.337 e. The van der Waals surface area contributed by atoms with Gasteiger partial charge in [-0.2, -0.15) is 0 Å². The molecule has 0 unspecified atom stereocenters. The fourth-order valence-electron chi connectivity index (χ4n) is 2.71. The van der Waals surface area contributed by atoms with E-state index in [1.165, 1.54) is 18.9 Å². The van der Waals surface area contributed by atoms with Crippen LogP contribution in [0.3, 0.4) is 0 Å². The second-order valence-corrected chi connectivity index (χ2v) is 6.17. The number of rotatable bonds is 4. The van der Waals surface area contributed by atoms with E-state index >= 15 is 0 Å². The summed E-state index contributed by atoms with van der Waals surface area (Å²) in [5.41, 5.74) is 0.194. The smallest absolute Gasteiger partial charge is 0.315 e. The van der Waals surface area contributed by atoms with Crippen molar-refractivity contribution in [1.29, 1.82) is 0 Å². The molecule has 3 nitrogen and oxygen atoms in total. The van der Waals surface area contributed by atoms with Crippen LogP contribution in [0.2, 0.25) is 0 Å². The van der Waals surface area contributed by atoms with Crippen LogP contribution < -0.4 is 10.6 Å². The predicted octanol–water partition coefficient (Wildman–Crippen LogP) is 3.35. The Hall–Kier alpha value is -1.58. The van der Waals surface area contributed by atoms with Gasteiger partial charge in [-0.25, -0.2) is 9.18 Å². The maximum Gasteiger partial charge on any atom is 0.315 e. The molecule has 20 heavy (non-hydrogen) atoms. The minimum atomic E-state index is -0.432. The van der Waals surface area contributed by atoms with Crippen LogP contribution >= 0.6 is 0 Å². The van der Waals surface area contributed by atoms with Gasteiger partial charge in [-0.3, -0.25) is 0 Å². The van der Waals surface area contributed by atoms with Crippen LogP contribution in [0.15, 0.2) is 24.3 Å². The molecule has 4 heteroatoms. The van der Waals surface area contributed by atoms with Crippen molar-refractivity contribution < 1.29 is 9.18 Å². The van der Waals surface area contributed by atoms with Gasteiger partial charge in [-0.15, -0.1) is 0 Å². The van der Waals surface area contributed by atoms with Crippen molar-refractivity contribution in [1.82, 2.24) is 10.6 Å². The maximum atomic E-state index is 13.8. The van der Waals surface area contributed by atoms with Gasteiger partial charge in [0.25, 0.3) is 0 Å². The normalized spacial score (nSPS) is 16.1. The molecule has 0 spiro atoms. The van der Waals surface area contributed by atoms with Gasteiger partial charge >= 0.3 is 6.03 Å². The van der Waals surface area contributed by atoms with Crippen molar-refractivity contribution in [2.45, 2.75) is 51.0 Å². The topological polar surface area (TPSA) is 41.1 Å². The van der Waals surface area contributed by atoms with Gasteiger partial charge in [0.15, 0.2) is 0 Å². The van der Waals surface area contributed by atoms with E-state index in [9.17, 15) is 9.18 Å². The van der Waals surface area contributed by atoms with E-state index in [1.54, 1.807) is 12.1 Å². The quantitative estimate of drug-likeness (QED) is 0.871. The largest absolute Gasteiger partial charge is 0.337 e. The zero-order valence-corrected chi connectivity index (χ0v) is 12.2. The van der Waals surface area contributed by atoms with Crippen molar-refractivity contribution in [3.05, 3.63) is 35.6 Å². The van der Waals surface area contributed by atoms with Gasteiger partial charge in [-0.05, 0) is 24.5 Å². The van der Waals surface area contributed by atoms with Crippen LogP contribution in [0.1, 0.15) is 45.1 Å². The van der Waals surface area contributed by atoms with Gasteiger partial charge < -0.3 is 10.6 Å². The first-order valence-corrected chi connectivity index (χ1v) is 7.28. The lowest BCUT2D eigenvalue weighted by Gasteiger charge is -2.26. The summed E-state index contributed by atoms with van der Waals surface area (Å²) in [5.74, 6) is -0.226. The molecular formula is C16H23FN2O. The van der Waals surface area contributed by atoms with Crippen LogP contribution in [0.25, 0.3) is 0 Å². The fourth-order valence-corrected chi connectivity index (χ4v) is 2.71. The van der Waals surface area contributed by atoms with Gasteiger partial charge in [0.2, 0.25) is 0 Å². The molecule has 110 valence electrons. The predicted molar refractivity (Wildman–Crippen MR) is 78.2 cm³/mol. The Bertz CT molecular complexity index is 467. The zero-order valence-electron chi connectivity index (χ0n) is 12.2. The molecule has 1 aliphatic rings. The zero-order chi connectivity index (χ0) is 14.6. The lowest BCUT2D eigenvalue weighted by molar-refractivity contribution is 0.234. The summed E-state index contributed by atoms with van der Waals surface area (Å²) >= 11 is 0. The van der Waals surface area contributed by atoms with Crippen molar-refractivity contribution in [2.24, 2.45) is 0 Å². The molecule has 0 aromatic heterocycles. The Balaban J connectivity index is 1.88. The van der Waals surface area contributed by atoms with E-state index in [-0.39, 0.29) is 11.8 Å². The molecule has 2 amide bonds. The molecule has 1 aliphatic carbocycles. The number of urea groups is 1. The number of hydrogen-bond donors (Lipinski definition) is 2. The molecule has 1 aromatic rings. The summed E-state index contributed by atoms with van der Waals surface area (Å²) in [7, 11) is 0. The first-order valence-electron chi connectivity index (χ1n) is 7.28. The summed E-state index contributed by atoms with van der Waals surface area (Å²) in [6.45, 7) is 4.27. The Morgan fingerprint density at radius 1 is 1.30 bits per heavy atom. The average Bonchev–Trinajstić information content (AvgIpc) is 2.90. The van der Waals surface area contributed by atoms with E-state index in [4.69, 9.17) is 0 Å². The number of halogens is 1. The highest BCUT2D eigenvalue weighted by atomic mass is 19.1. The van der Waals surface area contributed by atoms with Crippen molar-refractivity contribution in [3.8, 4) is 0 Å². The van der Waals surface area contributed by atoms with Crippen LogP contribution in [-0.4, -0.2) is 18.6 Å². The maximum absolute atomic E-state index is 13.8. The lowest BCUT2D eigenvalue weighted by atomic mass is 9.84. The van der Waals surface area contributed by atoms with Crippen molar-refractivity contribution in [2.75, 3.05) is 6.54 Å². The Kier molecular flexibility index (Phi) is 4.63. The second kappa shape index (κ2) is 6.25. The summed E-state index contributed by atoms with van der Waals surface area (Å²) in [5, 5.41) is 5.83. The van der Waals surface area contributed by atoms with Gasteiger partial charge in [0, 0.05) is 18.0 Å². The molecule has 2 rings (SSSR count). The summed E-state index contributed by atoms with van der Waals surface area (Å²) in [4.78, 5) is 11.8. The number of amides is 2. The van der Waals surface area contributed by atoms with E-state index < -0.39 is 5.41 Å². The molecule has 2 N–H and O–H groups in total. The van der Waals surface area contributed by atoms with Gasteiger partial charge in [0.1, 0.15) is 5.82 Å². The number of carbonyl (C=O) groups excluding carboxylic acids is 1. The fraction of sp³-hybridized carbons (Fsp3) is 0.562. The third-order valence-corrected chi connectivity index (χ3v) is 3.98. The molecule has 0 heterocycles. The highest BCUT2D eigenvalue weighted by Gasteiger charge is 2.25. The Labute approximate surface area is 120 Å². The summed E-state index contributed by atoms with van der Waals surface area (Å²) < 4.78 is 13.8. The van der Waals surface area contributed by atoms with Crippen LogP contribution in [0.5, 0.6) is 0 Å². The highest BCUT2D eigenvalue weighted by Crippen LogP contribution is 2.24. The molecule has 0 atom stereocenters. The number of hydrogen-bond acceptors (Lipinski definition) is 1. The monoisotopic (exact) mass is 278 g/mol. The molecule has 0 aliphatic heterocycles. The first kappa shape index (κ1) is 14.8. The Morgan fingerprint density at radius 2 is 1.95 bits per heavy atom. The number of carbonyl (C=O) groups is 1. The summed E-state index contributed by atoms with van der Waals surface area (Å²) in [6.07, 6.45) is 4.49. The molecule has 0 radical (unpaired) electrons. The molecule has 1 fully saturated rings.